The Bertz CT molecular complexity index is 895. The number of aliphatic carboxylic acids is 1. The van der Waals surface area contributed by atoms with Crippen molar-refractivity contribution in [3.63, 3.8) is 0 Å². The van der Waals surface area contributed by atoms with E-state index in [2.05, 4.69) is 5.32 Å². The van der Waals surface area contributed by atoms with E-state index in [1.807, 2.05) is 6.07 Å². The van der Waals surface area contributed by atoms with Crippen LogP contribution in [0.25, 0.3) is 0 Å². The molecule has 2 aromatic carbocycles. The number of ether oxygens (including phenoxy) is 2. The molecule has 36 heavy (non-hydrogen) atoms. The number of rotatable bonds is 16. The van der Waals surface area contributed by atoms with Crippen molar-refractivity contribution in [3.8, 4) is 5.75 Å². The van der Waals surface area contributed by atoms with Crippen molar-refractivity contribution in [2.24, 2.45) is 0 Å². The third-order valence-corrected chi connectivity index (χ3v) is 5.62. The minimum absolute atomic E-state index is 0.0377. The summed E-state index contributed by atoms with van der Waals surface area (Å²) in [5, 5.41) is 40.9. The lowest BCUT2D eigenvalue weighted by Gasteiger charge is -2.14. The average molecular weight is 546 g/mol. The maximum atomic E-state index is 10.2. The van der Waals surface area contributed by atoms with Gasteiger partial charge in [-0.1, -0.05) is 48.2 Å². The van der Waals surface area contributed by atoms with E-state index in [4.69, 9.17) is 42.6 Å². The smallest absolute Gasteiger partial charge is 0.300 e. The number of carboxylic acids is 1. The molecule has 0 bridgehead atoms. The van der Waals surface area contributed by atoms with Crippen LogP contribution < -0.4 is 5.32 Å². The molecule has 0 aliphatic heterocycles. The number of aliphatic hydroxyl groups excluding tert-OH is 2. The molecule has 0 aromatic heterocycles. The molecule has 202 valence electrons. The molecule has 0 radical (unpaired) electrons. The molecule has 2 rings (SSSR count). The predicted molar refractivity (Wildman–Crippen MR) is 141 cm³/mol. The molecule has 0 saturated heterocycles. The minimum atomic E-state index is -0.833. The second kappa shape index (κ2) is 19.2. The standard InChI is InChI=1S/C24H33Cl2NO5.C2H4O2/c25-21-7-5-19(22(26)14-21)17-32-12-11-31-10-4-2-1-3-9-27-15-24(30)18-6-8-23(29)20(13-18)16-28;1-2(3)4/h5-8,13-14,24,27-30H,1-4,9-12,15-17H2;1H3,(H,3,4)/t24-;/m0./s1. The maximum Gasteiger partial charge on any atom is 0.300 e. The quantitative estimate of drug-likeness (QED) is 0.192. The molecule has 1 atom stereocenters. The molecule has 0 unspecified atom stereocenters. The second-order valence-corrected chi connectivity index (χ2v) is 8.94. The summed E-state index contributed by atoms with van der Waals surface area (Å²) in [6.07, 6.45) is 3.53. The van der Waals surface area contributed by atoms with Gasteiger partial charge in [0.05, 0.1) is 32.5 Å². The number of aliphatic hydroxyl groups is 2. The van der Waals surface area contributed by atoms with Crippen LogP contribution in [0.3, 0.4) is 0 Å². The highest BCUT2D eigenvalue weighted by atomic mass is 35.5. The molecular formula is C26H37Cl2NO7. The van der Waals surface area contributed by atoms with E-state index >= 15 is 0 Å². The van der Waals surface area contributed by atoms with Gasteiger partial charge < -0.3 is 35.2 Å². The van der Waals surface area contributed by atoms with Gasteiger partial charge in [-0.05, 0) is 54.8 Å². The SMILES string of the molecule is CC(=O)O.OCc1cc([C@@H](O)CNCCCCCCOCCOCc2ccc(Cl)cc2Cl)ccc1O. The van der Waals surface area contributed by atoms with E-state index in [-0.39, 0.29) is 12.4 Å². The van der Waals surface area contributed by atoms with Gasteiger partial charge in [0, 0.05) is 35.7 Å². The molecule has 2 aromatic rings. The fourth-order valence-corrected chi connectivity index (χ4v) is 3.61. The first-order chi connectivity index (χ1) is 17.2. The number of phenols is 1. The molecule has 0 aliphatic rings. The monoisotopic (exact) mass is 545 g/mol. The van der Waals surface area contributed by atoms with E-state index in [0.717, 1.165) is 44.7 Å². The van der Waals surface area contributed by atoms with E-state index in [1.165, 1.54) is 6.07 Å². The van der Waals surface area contributed by atoms with Crippen molar-refractivity contribution in [1.29, 1.82) is 0 Å². The normalized spacial score (nSPS) is 11.6. The van der Waals surface area contributed by atoms with Gasteiger partial charge in [0.2, 0.25) is 0 Å². The first-order valence-corrected chi connectivity index (χ1v) is 12.6. The number of aromatic hydroxyl groups is 1. The summed E-state index contributed by atoms with van der Waals surface area (Å²) in [6, 6.07) is 10.1. The van der Waals surface area contributed by atoms with Crippen molar-refractivity contribution in [1.82, 2.24) is 5.32 Å². The number of carbonyl (C=O) groups is 1. The summed E-state index contributed by atoms with van der Waals surface area (Å²) in [5.74, 6) is -0.796. The summed E-state index contributed by atoms with van der Waals surface area (Å²) in [4.78, 5) is 9.00. The van der Waals surface area contributed by atoms with Gasteiger partial charge in [-0.3, -0.25) is 4.79 Å². The minimum Gasteiger partial charge on any atom is -0.508 e. The Labute approximate surface area is 222 Å². The van der Waals surface area contributed by atoms with Gasteiger partial charge in [-0.15, -0.1) is 0 Å². The van der Waals surface area contributed by atoms with Crippen LogP contribution in [-0.4, -0.2) is 59.3 Å². The Morgan fingerprint density at radius 3 is 2.36 bits per heavy atom. The molecule has 10 heteroatoms. The van der Waals surface area contributed by atoms with E-state index in [0.29, 0.717) is 54.1 Å². The average Bonchev–Trinajstić information content (AvgIpc) is 2.83. The summed E-state index contributed by atoms with van der Waals surface area (Å²) < 4.78 is 11.2. The second-order valence-electron chi connectivity index (χ2n) is 8.10. The highest BCUT2D eigenvalue weighted by Crippen LogP contribution is 2.23. The molecule has 0 fully saturated rings. The number of hydrogen-bond donors (Lipinski definition) is 5. The fourth-order valence-electron chi connectivity index (χ4n) is 3.14. The van der Waals surface area contributed by atoms with Gasteiger partial charge in [0.25, 0.3) is 5.97 Å². The van der Waals surface area contributed by atoms with Crippen LogP contribution in [0.15, 0.2) is 36.4 Å². The lowest BCUT2D eigenvalue weighted by atomic mass is 10.1. The van der Waals surface area contributed by atoms with Crippen molar-refractivity contribution < 1.29 is 34.7 Å². The molecule has 0 amide bonds. The number of unbranched alkanes of at least 4 members (excludes halogenated alkanes) is 3. The molecule has 8 nitrogen and oxygen atoms in total. The number of nitrogens with one attached hydrogen (secondary N) is 1. The van der Waals surface area contributed by atoms with Crippen LogP contribution in [-0.2, 0) is 27.5 Å². The van der Waals surface area contributed by atoms with Gasteiger partial charge in [0.15, 0.2) is 0 Å². The predicted octanol–water partition coefficient (Wildman–Crippen LogP) is 4.70. The van der Waals surface area contributed by atoms with Gasteiger partial charge in [-0.2, -0.15) is 0 Å². The first kappa shape index (κ1) is 32.1. The van der Waals surface area contributed by atoms with Crippen LogP contribution in [0.2, 0.25) is 10.0 Å². The van der Waals surface area contributed by atoms with Crippen molar-refractivity contribution >= 4 is 29.2 Å². The zero-order valence-corrected chi connectivity index (χ0v) is 22.1. The van der Waals surface area contributed by atoms with Crippen LogP contribution in [0, 0.1) is 0 Å². The first-order valence-electron chi connectivity index (χ1n) is 11.8. The van der Waals surface area contributed by atoms with E-state index in [1.54, 1.807) is 24.3 Å². The van der Waals surface area contributed by atoms with Crippen molar-refractivity contribution in [3.05, 3.63) is 63.1 Å². The Morgan fingerprint density at radius 2 is 1.67 bits per heavy atom. The Hall–Kier alpha value is -1.91. The van der Waals surface area contributed by atoms with Crippen molar-refractivity contribution in [2.75, 3.05) is 32.9 Å². The fraction of sp³-hybridized carbons (Fsp3) is 0.500. The van der Waals surface area contributed by atoms with Gasteiger partial charge in [0.1, 0.15) is 5.75 Å². The van der Waals surface area contributed by atoms with Gasteiger partial charge in [-0.25, -0.2) is 0 Å². The van der Waals surface area contributed by atoms with Crippen LogP contribution in [0.4, 0.5) is 0 Å². The zero-order chi connectivity index (χ0) is 26.8. The van der Waals surface area contributed by atoms with Gasteiger partial charge >= 0.3 is 0 Å². The van der Waals surface area contributed by atoms with Crippen LogP contribution in [0.1, 0.15) is 55.4 Å². The highest BCUT2D eigenvalue weighted by Gasteiger charge is 2.10. The molecule has 0 saturated carbocycles. The molecular weight excluding hydrogens is 509 g/mol. The Morgan fingerprint density at radius 1 is 0.972 bits per heavy atom. The van der Waals surface area contributed by atoms with E-state index in [9.17, 15) is 15.3 Å². The van der Waals surface area contributed by atoms with Crippen molar-refractivity contribution in [2.45, 2.75) is 51.9 Å². The number of benzene rings is 2. The summed E-state index contributed by atoms with van der Waals surface area (Å²) in [5.41, 5.74) is 2.01. The topological polar surface area (TPSA) is 128 Å². The third kappa shape index (κ3) is 14.6. The molecule has 0 heterocycles. The number of carboxylic acid groups (broad SMARTS) is 1. The lowest BCUT2D eigenvalue weighted by molar-refractivity contribution is -0.134. The summed E-state index contributed by atoms with van der Waals surface area (Å²) in [6.45, 7) is 4.31. The number of halogens is 2. The van der Waals surface area contributed by atoms with E-state index < -0.39 is 12.1 Å². The molecule has 0 aliphatic carbocycles. The Kier molecular flexibility index (Phi) is 17.2. The third-order valence-electron chi connectivity index (χ3n) is 5.03. The zero-order valence-electron chi connectivity index (χ0n) is 20.6. The Balaban J connectivity index is 0.00000150. The number of hydrogen-bond acceptors (Lipinski definition) is 7. The molecule has 0 spiro atoms. The molecule has 5 N–H and O–H groups in total. The summed E-state index contributed by atoms with van der Waals surface area (Å²) >= 11 is 12.0. The van der Waals surface area contributed by atoms with Crippen LogP contribution >= 0.6 is 23.2 Å². The highest BCUT2D eigenvalue weighted by molar-refractivity contribution is 6.35. The maximum absolute atomic E-state index is 10.2. The largest absolute Gasteiger partial charge is 0.508 e. The van der Waals surface area contributed by atoms with Crippen LogP contribution in [0.5, 0.6) is 5.75 Å². The summed E-state index contributed by atoms with van der Waals surface area (Å²) in [7, 11) is 0. The lowest BCUT2D eigenvalue weighted by Crippen LogP contribution is -2.22.